The standard InChI is InChI=1S/C21H41O10P/c1-3-5-6-7-8-9-10-11-13-21(25)31-19(16-28-20(24)12-4-2)17-30-32(26,27)29-15-18(23)14-22/h18-19,22-23H,3-17H2,1-2H3,(H,26,27)/t18-,19+/m0/s1. The Morgan fingerprint density at radius 3 is 2.00 bits per heavy atom. The molecule has 0 aliphatic rings. The molecule has 0 fully saturated rings. The van der Waals surface area contributed by atoms with Gasteiger partial charge in [-0.2, -0.15) is 0 Å². The molecule has 190 valence electrons. The number of carbonyl (C=O) groups is 2. The summed E-state index contributed by atoms with van der Waals surface area (Å²) in [6.07, 6.45) is 7.16. The van der Waals surface area contributed by atoms with E-state index in [1.165, 1.54) is 25.7 Å². The highest BCUT2D eigenvalue weighted by molar-refractivity contribution is 7.47. The molecule has 0 bridgehead atoms. The van der Waals surface area contributed by atoms with Crippen LogP contribution in [-0.4, -0.2) is 65.7 Å². The Labute approximate surface area is 191 Å². The van der Waals surface area contributed by atoms with Crippen LogP contribution < -0.4 is 0 Å². The number of hydrogen-bond acceptors (Lipinski definition) is 9. The molecule has 0 aromatic carbocycles. The van der Waals surface area contributed by atoms with Gasteiger partial charge in [0.15, 0.2) is 6.10 Å². The van der Waals surface area contributed by atoms with Gasteiger partial charge < -0.3 is 24.6 Å². The Morgan fingerprint density at radius 2 is 1.41 bits per heavy atom. The molecular weight excluding hydrogens is 443 g/mol. The first-order valence-corrected chi connectivity index (χ1v) is 13.0. The molecular formula is C21H41O10P. The maximum absolute atomic E-state index is 12.1. The number of esters is 2. The van der Waals surface area contributed by atoms with Crippen molar-refractivity contribution in [1.82, 2.24) is 0 Å². The topological polar surface area (TPSA) is 149 Å². The molecule has 0 saturated carbocycles. The van der Waals surface area contributed by atoms with Crippen LogP contribution in [0.4, 0.5) is 0 Å². The van der Waals surface area contributed by atoms with Crippen LogP contribution in [0.2, 0.25) is 0 Å². The van der Waals surface area contributed by atoms with E-state index in [0.29, 0.717) is 12.8 Å². The Hall–Kier alpha value is -1.03. The van der Waals surface area contributed by atoms with Gasteiger partial charge in [0.25, 0.3) is 0 Å². The van der Waals surface area contributed by atoms with Crippen molar-refractivity contribution < 1.29 is 47.8 Å². The lowest BCUT2D eigenvalue weighted by Crippen LogP contribution is -2.29. The third-order valence-corrected chi connectivity index (χ3v) is 5.43. The highest BCUT2D eigenvalue weighted by Crippen LogP contribution is 2.43. The summed E-state index contributed by atoms with van der Waals surface area (Å²) in [4.78, 5) is 33.4. The molecule has 0 aliphatic carbocycles. The molecule has 0 heterocycles. The first-order valence-electron chi connectivity index (χ1n) is 11.5. The molecule has 3 atom stereocenters. The highest BCUT2D eigenvalue weighted by Gasteiger charge is 2.27. The Balaban J connectivity index is 4.44. The number of ether oxygens (including phenoxy) is 2. The Bertz CT molecular complexity index is 543. The second-order valence-electron chi connectivity index (χ2n) is 7.67. The maximum Gasteiger partial charge on any atom is 0.472 e. The van der Waals surface area contributed by atoms with Gasteiger partial charge in [-0.25, -0.2) is 4.57 Å². The van der Waals surface area contributed by atoms with E-state index in [1.807, 2.05) is 6.92 Å². The van der Waals surface area contributed by atoms with Crippen molar-refractivity contribution in [2.24, 2.45) is 0 Å². The molecule has 10 nitrogen and oxygen atoms in total. The number of phosphoric acid groups is 1. The second kappa shape index (κ2) is 19.4. The molecule has 0 spiro atoms. The average molecular weight is 485 g/mol. The summed E-state index contributed by atoms with van der Waals surface area (Å²) in [6.45, 7) is 1.87. The van der Waals surface area contributed by atoms with Gasteiger partial charge in [0, 0.05) is 12.8 Å². The van der Waals surface area contributed by atoms with Crippen LogP contribution in [0.1, 0.15) is 84.5 Å². The van der Waals surface area contributed by atoms with Crippen LogP contribution in [0, 0.1) is 0 Å². The van der Waals surface area contributed by atoms with Gasteiger partial charge in [-0.05, 0) is 12.8 Å². The molecule has 1 unspecified atom stereocenters. The smallest absolute Gasteiger partial charge is 0.462 e. The summed E-state index contributed by atoms with van der Waals surface area (Å²) in [5.41, 5.74) is 0. The quantitative estimate of drug-likeness (QED) is 0.126. The molecule has 0 aliphatic heterocycles. The number of aliphatic hydroxyl groups is 2. The fourth-order valence-corrected chi connectivity index (χ4v) is 3.46. The van der Waals surface area contributed by atoms with E-state index in [1.54, 1.807) is 0 Å². The summed E-state index contributed by atoms with van der Waals surface area (Å²) >= 11 is 0. The minimum atomic E-state index is -4.56. The molecule has 0 saturated heterocycles. The monoisotopic (exact) mass is 484 g/mol. The second-order valence-corrected chi connectivity index (χ2v) is 9.12. The van der Waals surface area contributed by atoms with Gasteiger partial charge in [-0.3, -0.25) is 18.6 Å². The van der Waals surface area contributed by atoms with Gasteiger partial charge in [-0.15, -0.1) is 0 Å². The molecule has 32 heavy (non-hydrogen) atoms. The van der Waals surface area contributed by atoms with Crippen molar-refractivity contribution in [3.8, 4) is 0 Å². The van der Waals surface area contributed by atoms with E-state index in [9.17, 15) is 24.2 Å². The normalized spacial score (nSPS) is 15.0. The van der Waals surface area contributed by atoms with Gasteiger partial charge in [-0.1, -0.05) is 58.8 Å². The van der Waals surface area contributed by atoms with Gasteiger partial charge in [0.2, 0.25) is 0 Å². The predicted octanol–water partition coefficient (Wildman–Crippen LogP) is 3.26. The highest BCUT2D eigenvalue weighted by atomic mass is 31.2. The summed E-state index contributed by atoms with van der Waals surface area (Å²) < 4.78 is 31.5. The van der Waals surface area contributed by atoms with Crippen molar-refractivity contribution in [3.05, 3.63) is 0 Å². The largest absolute Gasteiger partial charge is 0.472 e. The van der Waals surface area contributed by atoms with Crippen LogP contribution >= 0.6 is 7.82 Å². The van der Waals surface area contributed by atoms with Gasteiger partial charge in [0.05, 0.1) is 19.8 Å². The van der Waals surface area contributed by atoms with E-state index in [4.69, 9.17) is 19.1 Å². The molecule has 3 N–H and O–H groups in total. The van der Waals surface area contributed by atoms with Crippen molar-refractivity contribution in [2.75, 3.05) is 26.4 Å². The maximum atomic E-state index is 12.1. The minimum Gasteiger partial charge on any atom is -0.462 e. The predicted molar refractivity (Wildman–Crippen MR) is 118 cm³/mol. The SMILES string of the molecule is CCCCCCCCCCC(=O)O[C@H](COC(=O)CCC)COP(=O)(O)OC[C@@H](O)CO. The minimum absolute atomic E-state index is 0.185. The number of carbonyl (C=O) groups excluding carboxylic acids is 2. The van der Waals surface area contributed by atoms with E-state index in [2.05, 4.69) is 11.4 Å². The van der Waals surface area contributed by atoms with Crippen molar-refractivity contribution in [1.29, 1.82) is 0 Å². The van der Waals surface area contributed by atoms with Crippen LogP contribution in [0.5, 0.6) is 0 Å². The first kappa shape index (κ1) is 31.0. The average Bonchev–Trinajstić information content (AvgIpc) is 2.76. The molecule has 0 rings (SSSR count). The van der Waals surface area contributed by atoms with Crippen LogP contribution in [0.15, 0.2) is 0 Å². The lowest BCUT2D eigenvalue weighted by atomic mass is 10.1. The third-order valence-electron chi connectivity index (χ3n) is 4.48. The number of aliphatic hydroxyl groups excluding tert-OH is 2. The molecule has 0 amide bonds. The van der Waals surface area contributed by atoms with Gasteiger partial charge >= 0.3 is 19.8 Å². The molecule has 0 aromatic heterocycles. The van der Waals surface area contributed by atoms with E-state index >= 15 is 0 Å². The number of rotatable bonds is 21. The van der Waals surface area contributed by atoms with E-state index in [-0.39, 0.29) is 19.4 Å². The fourth-order valence-electron chi connectivity index (χ4n) is 2.67. The number of phosphoric ester groups is 1. The van der Waals surface area contributed by atoms with Crippen LogP contribution in [0.3, 0.4) is 0 Å². The lowest BCUT2D eigenvalue weighted by molar-refractivity contribution is -0.161. The fraction of sp³-hybridized carbons (Fsp3) is 0.905. The van der Waals surface area contributed by atoms with Gasteiger partial charge in [0.1, 0.15) is 12.7 Å². The molecule has 0 aromatic rings. The Kier molecular flexibility index (Phi) is 18.8. The van der Waals surface area contributed by atoms with Crippen molar-refractivity contribution in [2.45, 2.75) is 96.7 Å². The zero-order chi connectivity index (χ0) is 24.2. The number of hydrogen-bond donors (Lipinski definition) is 3. The van der Waals surface area contributed by atoms with Crippen molar-refractivity contribution >= 4 is 19.8 Å². The zero-order valence-corrected chi connectivity index (χ0v) is 20.3. The number of unbranched alkanes of at least 4 members (excludes halogenated alkanes) is 7. The zero-order valence-electron chi connectivity index (χ0n) is 19.4. The van der Waals surface area contributed by atoms with E-state index < -0.39 is 51.8 Å². The summed E-state index contributed by atoms with van der Waals surface area (Å²) in [5, 5.41) is 17.9. The molecule has 11 heteroatoms. The lowest BCUT2D eigenvalue weighted by Gasteiger charge is -2.20. The Morgan fingerprint density at radius 1 is 0.812 bits per heavy atom. The van der Waals surface area contributed by atoms with E-state index in [0.717, 1.165) is 19.3 Å². The van der Waals surface area contributed by atoms with Crippen LogP contribution in [-0.2, 0) is 32.7 Å². The summed E-state index contributed by atoms with van der Waals surface area (Å²) in [6, 6.07) is 0. The van der Waals surface area contributed by atoms with Crippen molar-refractivity contribution in [3.63, 3.8) is 0 Å². The van der Waals surface area contributed by atoms with Crippen LogP contribution in [0.25, 0.3) is 0 Å². The summed E-state index contributed by atoms with van der Waals surface area (Å²) in [5.74, 6) is -0.994. The summed E-state index contributed by atoms with van der Waals surface area (Å²) in [7, 11) is -4.56. The molecule has 0 radical (unpaired) electrons. The first-order chi connectivity index (χ1) is 15.2. The third kappa shape index (κ3) is 18.5.